The number of hydrogen-bond donors (Lipinski definition) is 0. The summed E-state index contributed by atoms with van der Waals surface area (Å²) >= 11 is 0. The molecule has 1 aromatic rings. The van der Waals surface area contributed by atoms with Crippen molar-refractivity contribution >= 4 is 0 Å². The van der Waals surface area contributed by atoms with Gasteiger partial charge in [-0.15, -0.1) is 0 Å². The molecule has 0 aliphatic carbocycles. The normalized spacial score (nSPS) is 15.6. The molecule has 1 aromatic heterocycles. The fraction of sp³-hybridized carbons (Fsp3) is 0.714. The van der Waals surface area contributed by atoms with Gasteiger partial charge in [0, 0.05) is 22.8 Å². The van der Waals surface area contributed by atoms with Crippen molar-refractivity contribution < 1.29 is 4.74 Å². The summed E-state index contributed by atoms with van der Waals surface area (Å²) in [6.07, 6.45) is 0.937. The standard InChI is InChI=1S/C14H22N2O/c1-13(2,3)10-9-7-8-17-11(9)16-12(15-10)14(4,5)6/h7-8H2,1-6H3. The predicted molar refractivity (Wildman–Crippen MR) is 68.6 cm³/mol. The molecular formula is C14H22N2O. The smallest absolute Gasteiger partial charge is 0.220 e. The van der Waals surface area contributed by atoms with E-state index in [9.17, 15) is 0 Å². The second-order valence-corrected chi connectivity index (χ2v) is 6.78. The van der Waals surface area contributed by atoms with E-state index < -0.39 is 0 Å². The van der Waals surface area contributed by atoms with Gasteiger partial charge in [0.1, 0.15) is 5.82 Å². The van der Waals surface area contributed by atoms with Gasteiger partial charge in [-0.1, -0.05) is 41.5 Å². The van der Waals surface area contributed by atoms with E-state index in [0.29, 0.717) is 0 Å². The third-order valence-electron chi connectivity index (χ3n) is 2.94. The van der Waals surface area contributed by atoms with Crippen LogP contribution in [0.15, 0.2) is 0 Å². The zero-order valence-electron chi connectivity index (χ0n) is 11.7. The average molecular weight is 234 g/mol. The third-order valence-corrected chi connectivity index (χ3v) is 2.94. The van der Waals surface area contributed by atoms with Crippen LogP contribution in [0.4, 0.5) is 0 Å². The van der Waals surface area contributed by atoms with Crippen molar-refractivity contribution in [3.8, 4) is 5.88 Å². The summed E-state index contributed by atoms with van der Waals surface area (Å²) in [5.41, 5.74) is 2.34. The summed E-state index contributed by atoms with van der Waals surface area (Å²) in [6.45, 7) is 13.7. The van der Waals surface area contributed by atoms with Gasteiger partial charge in [0.05, 0.1) is 12.3 Å². The molecule has 0 N–H and O–H groups in total. The van der Waals surface area contributed by atoms with Crippen molar-refractivity contribution in [1.82, 2.24) is 9.97 Å². The predicted octanol–water partition coefficient (Wildman–Crippen LogP) is 3.01. The lowest BCUT2D eigenvalue weighted by Gasteiger charge is -2.24. The molecule has 3 heteroatoms. The molecular weight excluding hydrogens is 212 g/mol. The van der Waals surface area contributed by atoms with Crippen LogP contribution in [0.25, 0.3) is 0 Å². The molecule has 0 saturated heterocycles. The Morgan fingerprint density at radius 1 is 0.941 bits per heavy atom. The fourth-order valence-corrected chi connectivity index (χ4v) is 2.01. The minimum Gasteiger partial charge on any atom is -0.477 e. The molecule has 0 atom stereocenters. The van der Waals surface area contributed by atoms with Crippen LogP contribution in [-0.2, 0) is 17.3 Å². The van der Waals surface area contributed by atoms with Crippen LogP contribution in [0.5, 0.6) is 5.88 Å². The van der Waals surface area contributed by atoms with E-state index in [4.69, 9.17) is 9.72 Å². The Morgan fingerprint density at radius 2 is 1.59 bits per heavy atom. The molecule has 2 heterocycles. The molecule has 3 nitrogen and oxygen atoms in total. The zero-order chi connectivity index (χ0) is 12.8. The van der Waals surface area contributed by atoms with Crippen LogP contribution in [0.3, 0.4) is 0 Å². The first kappa shape index (κ1) is 12.3. The van der Waals surface area contributed by atoms with Crippen molar-refractivity contribution in [3.05, 3.63) is 17.1 Å². The highest BCUT2D eigenvalue weighted by Gasteiger charge is 2.30. The fourth-order valence-electron chi connectivity index (χ4n) is 2.01. The topological polar surface area (TPSA) is 35.0 Å². The van der Waals surface area contributed by atoms with Gasteiger partial charge in [-0.2, -0.15) is 4.98 Å². The maximum atomic E-state index is 5.62. The van der Waals surface area contributed by atoms with E-state index in [1.807, 2.05) is 0 Å². The summed E-state index contributed by atoms with van der Waals surface area (Å²) in [4.78, 5) is 9.36. The summed E-state index contributed by atoms with van der Waals surface area (Å²) in [5, 5.41) is 0. The number of rotatable bonds is 0. The zero-order valence-corrected chi connectivity index (χ0v) is 11.7. The molecule has 1 aliphatic rings. The molecule has 0 bridgehead atoms. The quantitative estimate of drug-likeness (QED) is 0.692. The Balaban J connectivity index is 2.62. The lowest BCUT2D eigenvalue weighted by Crippen LogP contribution is -2.23. The molecule has 94 valence electrons. The summed E-state index contributed by atoms with van der Waals surface area (Å²) in [7, 11) is 0. The highest BCUT2D eigenvalue weighted by molar-refractivity contribution is 5.38. The van der Waals surface area contributed by atoms with E-state index in [1.54, 1.807) is 0 Å². The Kier molecular flexibility index (Phi) is 2.68. The first-order valence-corrected chi connectivity index (χ1v) is 6.24. The first-order chi connectivity index (χ1) is 7.69. The molecule has 0 aromatic carbocycles. The van der Waals surface area contributed by atoms with Gasteiger partial charge >= 0.3 is 0 Å². The van der Waals surface area contributed by atoms with Gasteiger partial charge in [0.2, 0.25) is 5.88 Å². The molecule has 0 amide bonds. The van der Waals surface area contributed by atoms with Crippen LogP contribution < -0.4 is 4.74 Å². The van der Waals surface area contributed by atoms with Crippen LogP contribution in [0.2, 0.25) is 0 Å². The highest BCUT2D eigenvalue weighted by atomic mass is 16.5. The van der Waals surface area contributed by atoms with Gasteiger partial charge < -0.3 is 4.74 Å². The largest absolute Gasteiger partial charge is 0.477 e. The molecule has 0 radical (unpaired) electrons. The highest BCUT2D eigenvalue weighted by Crippen LogP contribution is 2.34. The van der Waals surface area contributed by atoms with Crippen molar-refractivity contribution in [2.45, 2.75) is 58.8 Å². The van der Waals surface area contributed by atoms with Crippen molar-refractivity contribution in [2.75, 3.05) is 6.61 Å². The molecule has 2 rings (SSSR count). The molecule has 17 heavy (non-hydrogen) atoms. The number of nitrogens with zero attached hydrogens (tertiary/aromatic N) is 2. The Morgan fingerprint density at radius 3 is 2.12 bits per heavy atom. The van der Waals surface area contributed by atoms with Crippen LogP contribution >= 0.6 is 0 Å². The number of ether oxygens (including phenoxy) is 1. The number of hydrogen-bond acceptors (Lipinski definition) is 3. The van der Waals surface area contributed by atoms with Crippen molar-refractivity contribution in [3.63, 3.8) is 0 Å². The molecule has 0 saturated carbocycles. The van der Waals surface area contributed by atoms with E-state index >= 15 is 0 Å². The lowest BCUT2D eigenvalue weighted by atomic mass is 9.87. The van der Waals surface area contributed by atoms with E-state index in [-0.39, 0.29) is 10.8 Å². The number of fused-ring (bicyclic) bond motifs is 1. The molecule has 0 unspecified atom stereocenters. The van der Waals surface area contributed by atoms with Crippen LogP contribution in [0.1, 0.15) is 58.6 Å². The summed E-state index contributed by atoms with van der Waals surface area (Å²) in [6, 6.07) is 0. The van der Waals surface area contributed by atoms with Crippen molar-refractivity contribution in [2.24, 2.45) is 0 Å². The van der Waals surface area contributed by atoms with Gasteiger partial charge in [0.15, 0.2) is 0 Å². The number of aromatic nitrogens is 2. The Labute approximate surface area is 104 Å². The molecule has 0 spiro atoms. The van der Waals surface area contributed by atoms with E-state index in [0.717, 1.165) is 30.4 Å². The SMILES string of the molecule is CC(C)(C)c1nc2c(c(C(C)(C)C)n1)CCO2. The minimum absolute atomic E-state index is 0.0407. The summed E-state index contributed by atoms with van der Waals surface area (Å²) < 4.78 is 5.62. The third kappa shape index (κ3) is 2.28. The lowest BCUT2D eigenvalue weighted by molar-refractivity contribution is 0.340. The second-order valence-electron chi connectivity index (χ2n) is 6.78. The van der Waals surface area contributed by atoms with E-state index in [1.165, 1.54) is 5.56 Å². The maximum Gasteiger partial charge on any atom is 0.220 e. The second kappa shape index (κ2) is 3.69. The van der Waals surface area contributed by atoms with Gasteiger partial charge in [-0.3, -0.25) is 0 Å². The van der Waals surface area contributed by atoms with Crippen LogP contribution in [0, 0.1) is 0 Å². The minimum atomic E-state index is -0.0407. The summed E-state index contributed by atoms with van der Waals surface area (Å²) in [5.74, 6) is 1.68. The Bertz CT molecular complexity index is 439. The van der Waals surface area contributed by atoms with Gasteiger partial charge in [0.25, 0.3) is 0 Å². The first-order valence-electron chi connectivity index (χ1n) is 6.24. The van der Waals surface area contributed by atoms with E-state index in [2.05, 4.69) is 46.5 Å². The Hall–Kier alpha value is -1.12. The van der Waals surface area contributed by atoms with Gasteiger partial charge in [-0.05, 0) is 0 Å². The maximum absolute atomic E-state index is 5.62. The average Bonchev–Trinajstić information content (AvgIpc) is 2.59. The van der Waals surface area contributed by atoms with Crippen molar-refractivity contribution in [1.29, 1.82) is 0 Å². The van der Waals surface area contributed by atoms with Crippen LogP contribution in [-0.4, -0.2) is 16.6 Å². The molecule has 1 aliphatic heterocycles. The monoisotopic (exact) mass is 234 g/mol. The van der Waals surface area contributed by atoms with Gasteiger partial charge in [-0.25, -0.2) is 4.98 Å². The molecule has 0 fully saturated rings.